The number of amides is 1. The maximum atomic E-state index is 13.3. The molecule has 35 heavy (non-hydrogen) atoms. The molecule has 0 radical (unpaired) electrons. The summed E-state index contributed by atoms with van der Waals surface area (Å²) in [7, 11) is 2.86. The van der Waals surface area contributed by atoms with Crippen molar-refractivity contribution in [1.82, 2.24) is 4.90 Å². The number of nitrogens with zero attached hydrogens (tertiary/aromatic N) is 1. The Hall–Kier alpha value is -3.62. The molecule has 0 N–H and O–H groups in total. The predicted molar refractivity (Wildman–Crippen MR) is 140 cm³/mol. The molecule has 4 rings (SSSR count). The summed E-state index contributed by atoms with van der Waals surface area (Å²) in [5.41, 5.74) is 2.41. The van der Waals surface area contributed by atoms with Gasteiger partial charge in [-0.1, -0.05) is 90.7 Å². The molecule has 1 aliphatic heterocycles. The zero-order valence-corrected chi connectivity index (χ0v) is 20.8. The van der Waals surface area contributed by atoms with Crippen molar-refractivity contribution in [2.24, 2.45) is 0 Å². The van der Waals surface area contributed by atoms with Gasteiger partial charge < -0.3 is 14.2 Å². The van der Waals surface area contributed by atoms with Crippen LogP contribution in [-0.4, -0.2) is 35.3 Å². The van der Waals surface area contributed by atoms with Crippen molar-refractivity contribution in [3.8, 4) is 11.5 Å². The van der Waals surface area contributed by atoms with Gasteiger partial charge in [0.2, 0.25) is 0 Å². The fourth-order valence-corrected chi connectivity index (χ4v) is 4.93. The maximum Gasteiger partial charge on any atom is 0.333 e. The van der Waals surface area contributed by atoms with Crippen LogP contribution in [-0.2, 0) is 20.9 Å². The van der Waals surface area contributed by atoms with Crippen LogP contribution < -0.4 is 9.47 Å². The van der Waals surface area contributed by atoms with Crippen molar-refractivity contribution in [2.45, 2.75) is 12.6 Å². The topological polar surface area (TPSA) is 65.1 Å². The highest BCUT2D eigenvalue weighted by Crippen LogP contribution is 2.39. The molecule has 1 atom stereocenters. The zero-order valence-electron chi connectivity index (χ0n) is 19.2. The van der Waals surface area contributed by atoms with Gasteiger partial charge in [0.05, 0.1) is 19.1 Å². The van der Waals surface area contributed by atoms with Crippen LogP contribution in [0.25, 0.3) is 6.08 Å². The molecule has 3 aromatic carbocycles. The highest BCUT2D eigenvalue weighted by atomic mass is 32.2. The van der Waals surface area contributed by atoms with Gasteiger partial charge in [0.1, 0.15) is 10.9 Å². The van der Waals surface area contributed by atoms with E-state index >= 15 is 0 Å². The number of thiocarbonyl (C=S) groups is 1. The molecule has 1 amide bonds. The third-order valence-corrected chi connectivity index (χ3v) is 6.67. The molecule has 3 aromatic rings. The normalized spacial score (nSPS) is 15.3. The van der Waals surface area contributed by atoms with Crippen LogP contribution in [0.15, 0.2) is 83.8 Å². The minimum Gasteiger partial charge on any atom is -0.493 e. The maximum absolute atomic E-state index is 13.3. The summed E-state index contributed by atoms with van der Waals surface area (Å²) in [4.78, 5) is 27.6. The van der Waals surface area contributed by atoms with Crippen LogP contribution >= 0.6 is 24.0 Å². The zero-order chi connectivity index (χ0) is 24.8. The standard InChI is InChI=1S/C27H23NO5S2/c1-31-22-15-19(13-14-21(22)33-17-18-9-5-3-6-10-18)16-23-25(29)28(27(34)35-23)24(26(30)32-2)20-11-7-4-8-12-20/h3-16,24H,17H2,1-2H3/b23-16-. The first-order valence-corrected chi connectivity index (χ1v) is 12.0. The molecule has 0 bridgehead atoms. The Balaban J connectivity index is 1.57. The highest BCUT2D eigenvalue weighted by Gasteiger charge is 2.41. The van der Waals surface area contributed by atoms with Crippen molar-refractivity contribution in [1.29, 1.82) is 0 Å². The number of esters is 1. The third kappa shape index (κ3) is 5.55. The van der Waals surface area contributed by atoms with Crippen molar-refractivity contribution < 1.29 is 23.8 Å². The van der Waals surface area contributed by atoms with Crippen LogP contribution in [0.4, 0.5) is 0 Å². The van der Waals surface area contributed by atoms with E-state index in [0.29, 0.717) is 28.6 Å². The second-order valence-electron chi connectivity index (χ2n) is 7.57. The van der Waals surface area contributed by atoms with Crippen LogP contribution in [0.5, 0.6) is 11.5 Å². The minimum atomic E-state index is -0.956. The molecule has 1 unspecified atom stereocenters. The fraction of sp³-hybridized carbons (Fsp3) is 0.148. The Kier molecular flexibility index (Phi) is 7.84. The number of benzene rings is 3. The number of methoxy groups -OCH3 is 2. The van der Waals surface area contributed by atoms with Crippen molar-refractivity contribution >= 4 is 46.3 Å². The van der Waals surface area contributed by atoms with Gasteiger partial charge in [-0.15, -0.1) is 0 Å². The molecular formula is C27H23NO5S2. The molecule has 1 heterocycles. The molecule has 8 heteroatoms. The predicted octanol–water partition coefficient (Wildman–Crippen LogP) is 5.39. The first kappa shape index (κ1) is 24.5. The molecular weight excluding hydrogens is 482 g/mol. The molecule has 178 valence electrons. The van der Waals surface area contributed by atoms with Gasteiger partial charge in [-0.05, 0) is 34.9 Å². The van der Waals surface area contributed by atoms with E-state index in [1.54, 1.807) is 49.6 Å². The first-order chi connectivity index (χ1) is 17.0. The third-order valence-electron chi connectivity index (χ3n) is 5.34. The lowest BCUT2D eigenvalue weighted by Gasteiger charge is -2.24. The molecule has 0 aliphatic carbocycles. The van der Waals surface area contributed by atoms with E-state index in [-0.39, 0.29) is 10.2 Å². The molecule has 1 saturated heterocycles. The monoisotopic (exact) mass is 505 g/mol. The average molecular weight is 506 g/mol. The molecule has 1 aliphatic rings. The lowest BCUT2D eigenvalue weighted by molar-refractivity contribution is -0.148. The van der Waals surface area contributed by atoms with Crippen molar-refractivity contribution in [3.63, 3.8) is 0 Å². The molecule has 0 saturated carbocycles. The molecule has 6 nitrogen and oxygen atoms in total. The van der Waals surface area contributed by atoms with Crippen LogP contribution in [0.3, 0.4) is 0 Å². The van der Waals surface area contributed by atoms with E-state index in [2.05, 4.69) is 0 Å². The summed E-state index contributed by atoms with van der Waals surface area (Å²) in [5.74, 6) is 0.218. The Morgan fingerprint density at radius 2 is 1.69 bits per heavy atom. The lowest BCUT2D eigenvalue weighted by atomic mass is 10.1. The number of hydrogen-bond acceptors (Lipinski definition) is 7. The van der Waals surface area contributed by atoms with Gasteiger partial charge in [0.15, 0.2) is 17.5 Å². The van der Waals surface area contributed by atoms with Gasteiger partial charge in [-0.3, -0.25) is 9.69 Å². The number of carbonyl (C=O) groups is 2. The van der Waals surface area contributed by atoms with Crippen LogP contribution in [0.1, 0.15) is 22.7 Å². The van der Waals surface area contributed by atoms with Gasteiger partial charge in [0, 0.05) is 0 Å². The summed E-state index contributed by atoms with van der Waals surface area (Å²) in [6.45, 7) is 0.406. The summed E-state index contributed by atoms with van der Waals surface area (Å²) in [5, 5.41) is 0. The van der Waals surface area contributed by atoms with Gasteiger partial charge >= 0.3 is 5.97 Å². The SMILES string of the molecule is COC(=O)C(c1ccccc1)N1C(=O)/C(=C/c2ccc(OCc3ccccc3)c(OC)c2)SC1=S. The van der Waals surface area contributed by atoms with Crippen molar-refractivity contribution in [2.75, 3.05) is 14.2 Å². The first-order valence-electron chi connectivity index (χ1n) is 10.8. The summed E-state index contributed by atoms with van der Waals surface area (Å²) in [6.07, 6.45) is 1.72. The Bertz CT molecular complexity index is 1260. The highest BCUT2D eigenvalue weighted by molar-refractivity contribution is 8.26. The molecule has 0 aromatic heterocycles. The van der Waals surface area contributed by atoms with E-state index < -0.39 is 12.0 Å². The van der Waals surface area contributed by atoms with E-state index in [9.17, 15) is 9.59 Å². The van der Waals surface area contributed by atoms with E-state index in [1.165, 1.54) is 12.0 Å². The van der Waals surface area contributed by atoms with Gasteiger partial charge in [0.25, 0.3) is 5.91 Å². The van der Waals surface area contributed by atoms with Gasteiger partial charge in [-0.2, -0.15) is 0 Å². The number of rotatable bonds is 8. The van der Waals surface area contributed by atoms with Gasteiger partial charge in [-0.25, -0.2) is 4.79 Å². The Labute approximate surface area is 213 Å². The quantitative estimate of drug-likeness (QED) is 0.231. The minimum absolute atomic E-state index is 0.287. The van der Waals surface area contributed by atoms with E-state index in [0.717, 1.165) is 22.9 Å². The number of carbonyl (C=O) groups excluding carboxylic acids is 2. The molecule has 1 fully saturated rings. The van der Waals surface area contributed by atoms with Crippen molar-refractivity contribution in [3.05, 3.63) is 100 Å². The average Bonchev–Trinajstić information content (AvgIpc) is 3.16. The largest absolute Gasteiger partial charge is 0.493 e. The smallest absolute Gasteiger partial charge is 0.333 e. The van der Waals surface area contributed by atoms with Crippen LogP contribution in [0, 0.1) is 0 Å². The summed E-state index contributed by atoms with van der Waals surface area (Å²) < 4.78 is 16.7. The molecule has 0 spiro atoms. The van der Waals surface area contributed by atoms with E-state index in [4.69, 9.17) is 26.4 Å². The lowest BCUT2D eigenvalue weighted by Crippen LogP contribution is -2.37. The second kappa shape index (κ2) is 11.2. The summed E-state index contributed by atoms with van der Waals surface area (Å²) >= 11 is 6.62. The number of thioether (sulfide) groups is 1. The summed E-state index contributed by atoms with van der Waals surface area (Å²) in [6, 6.07) is 23.3. The van der Waals surface area contributed by atoms with E-state index in [1.807, 2.05) is 42.5 Å². The Morgan fingerprint density at radius 1 is 1.00 bits per heavy atom. The fourth-order valence-electron chi connectivity index (χ4n) is 3.62. The Morgan fingerprint density at radius 3 is 2.34 bits per heavy atom. The second-order valence-corrected chi connectivity index (χ2v) is 9.25. The number of hydrogen-bond donors (Lipinski definition) is 0. The number of ether oxygens (including phenoxy) is 3. The van der Waals surface area contributed by atoms with Crippen LogP contribution in [0.2, 0.25) is 0 Å².